The first-order chi connectivity index (χ1) is 13.1. The van der Waals surface area contributed by atoms with Crippen LogP contribution in [0.3, 0.4) is 0 Å². The van der Waals surface area contributed by atoms with Gasteiger partial charge in [0, 0.05) is 4.91 Å². The predicted octanol–water partition coefficient (Wildman–Crippen LogP) is 4.42. The van der Waals surface area contributed by atoms with Crippen LogP contribution in [0, 0.1) is 0 Å². The number of hydrogen-bond acceptors (Lipinski definition) is 6. The number of aromatic nitrogens is 4. The molecule has 0 amide bonds. The van der Waals surface area contributed by atoms with Crippen LogP contribution < -0.4 is 0 Å². The lowest BCUT2D eigenvalue weighted by Crippen LogP contribution is -2.48. The molecule has 0 spiro atoms. The van der Waals surface area contributed by atoms with E-state index in [1.807, 2.05) is 13.1 Å². The highest BCUT2D eigenvalue weighted by molar-refractivity contribution is 6.74. The van der Waals surface area contributed by atoms with Crippen LogP contribution in [0.4, 0.5) is 4.39 Å². The molecule has 0 N–H and O–H groups in total. The van der Waals surface area contributed by atoms with Gasteiger partial charge in [-0.25, -0.2) is 19.3 Å². The number of fused-ring (bicyclic) bond motifs is 1. The van der Waals surface area contributed by atoms with E-state index in [0.29, 0.717) is 11.2 Å². The van der Waals surface area contributed by atoms with Gasteiger partial charge in [0.2, 0.25) is 0 Å². The molecule has 1 saturated heterocycles. The van der Waals surface area contributed by atoms with Gasteiger partial charge in [-0.15, -0.1) is 0 Å². The highest BCUT2D eigenvalue weighted by Crippen LogP contribution is 2.42. The molecule has 3 heterocycles. The van der Waals surface area contributed by atoms with E-state index in [-0.39, 0.29) is 16.7 Å². The molecular weight excluding hydrogens is 405 g/mol. The summed E-state index contributed by atoms with van der Waals surface area (Å²) < 4.78 is 29.3. The largest absolute Gasteiger partial charge is 0.408 e. The van der Waals surface area contributed by atoms with E-state index in [4.69, 9.17) is 26.3 Å². The van der Waals surface area contributed by atoms with Crippen LogP contribution in [0.15, 0.2) is 17.8 Å². The van der Waals surface area contributed by atoms with Crippen molar-refractivity contribution in [1.82, 2.24) is 19.5 Å². The standard InChI is InChI=1S/C16H23ClFN7O2Si/c1-16(2,3)28(4,5)27-12-9(6-23-24-19)26-15(10(12)18)25-8-22-11-13(17)20-7-21-14(11)25/h7-10,12,15H,6H2,1-5H3/t9-,10-,12-,15-/m1/s1. The van der Waals surface area contributed by atoms with Gasteiger partial charge in [0.1, 0.15) is 17.9 Å². The number of halogens is 2. The summed E-state index contributed by atoms with van der Waals surface area (Å²) in [4.78, 5) is 15.0. The fraction of sp³-hybridized carbons (Fsp3) is 0.688. The first-order valence-corrected chi connectivity index (χ1v) is 12.2. The highest BCUT2D eigenvalue weighted by Gasteiger charge is 2.51. The summed E-state index contributed by atoms with van der Waals surface area (Å²) >= 11 is 6.04. The Balaban J connectivity index is 1.96. The minimum Gasteiger partial charge on any atom is -0.408 e. The van der Waals surface area contributed by atoms with Gasteiger partial charge < -0.3 is 9.16 Å². The van der Waals surface area contributed by atoms with Crippen LogP contribution in [-0.4, -0.2) is 52.8 Å². The number of alkyl halides is 1. The number of imidazole rings is 1. The predicted molar refractivity (Wildman–Crippen MR) is 105 cm³/mol. The Morgan fingerprint density at radius 3 is 2.75 bits per heavy atom. The molecule has 0 unspecified atom stereocenters. The SMILES string of the molecule is CC(C)(C)[Si](C)(C)O[C@H]1[C@@H](F)[C@H](n2cnc3c(Cl)ncnc32)O[C@@H]1CN=[N+]=[N-]. The Morgan fingerprint density at radius 1 is 1.39 bits per heavy atom. The van der Waals surface area contributed by atoms with Gasteiger partial charge in [0.15, 0.2) is 31.5 Å². The zero-order chi connectivity index (χ0) is 20.7. The first kappa shape index (κ1) is 20.9. The van der Waals surface area contributed by atoms with Crippen molar-refractivity contribution >= 4 is 31.1 Å². The number of hydrogen-bond donors (Lipinski definition) is 0. The van der Waals surface area contributed by atoms with Crippen molar-refractivity contribution in [3.05, 3.63) is 28.3 Å². The number of nitrogens with zero attached hydrogens (tertiary/aromatic N) is 7. The van der Waals surface area contributed by atoms with Gasteiger partial charge in [-0.2, -0.15) is 0 Å². The maximum absolute atomic E-state index is 15.6. The van der Waals surface area contributed by atoms with E-state index in [2.05, 4.69) is 45.7 Å². The van der Waals surface area contributed by atoms with Crippen molar-refractivity contribution in [3.63, 3.8) is 0 Å². The van der Waals surface area contributed by atoms with Crippen molar-refractivity contribution < 1.29 is 13.6 Å². The molecule has 1 fully saturated rings. The van der Waals surface area contributed by atoms with Crippen molar-refractivity contribution in [2.24, 2.45) is 5.11 Å². The van der Waals surface area contributed by atoms with Crippen LogP contribution in [0.1, 0.15) is 27.0 Å². The van der Waals surface area contributed by atoms with Gasteiger partial charge in [-0.1, -0.05) is 37.5 Å². The lowest BCUT2D eigenvalue weighted by atomic mass is 10.1. The fourth-order valence-electron chi connectivity index (χ4n) is 2.85. The number of azide groups is 1. The van der Waals surface area contributed by atoms with Gasteiger partial charge >= 0.3 is 0 Å². The maximum atomic E-state index is 15.6. The molecule has 9 nitrogen and oxygen atoms in total. The maximum Gasteiger partial charge on any atom is 0.192 e. The van der Waals surface area contributed by atoms with E-state index in [1.54, 1.807) is 0 Å². The summed E-state index contributed by atoms with van der Waals surface area (Å²) in [6, 6.07) is 0. The normalized spacial score (nSPS) is 25.8. The molecule has 2 aromatic heterocycles. The van der Waals surface area contributed by atoms with Crippen LogP contribution in [0.2, 0.25) is 23.3 Å². The average molecular weight is 428 g/mol. The van der Waals surface area contributed by atoms with Gasteiger partial charge in [-0.05, 0) is 23.7 Å². The molecule has 12 heteroatoms. The second-order valence-electron chi connectivity index (χ2n) is 8.25. The summed E-state index contributed by atoms with van der Waals surface area (Å²) in [5.74, 6) is 0. The van der Waals surface area contributed by atoms with Crippen LogP contribution >= 0.6 is 11.6 Å². The van der Waals surface area contributed by atoms with Crippen molar-refractivity contribution in [2.75, 3.05) is 6.54 Å². The summed E-state index contributed by atoms with van der Waals surface area (Å²) in [6.07, 6.45) is -1.41. The van der Waals surface area contributed by atoms with E-state index in [1.165, 1.54) is 17.2 Å². The molecule has 28 heavy (non-hydrogen) atoms. The third-order valence-electron chi connectivity index (χ3n) is 5.42. The average Bonchev–Trinajstić information content (AvgIpc) is 3.15. The Hall–Kier alpha value is -1.78. The second-order valence-corrected chi connectivity index (χ2v) is 13.4. The van der Waals surface area contributed by atoms with Crippen LogP contribution in [0.25, 0.3) is 21.6 Å². The molecule has 0 radical (unpaired) electrons. The zero-order valence-electron chi connectivity index (χ0n) is 16.4. The van der Waals surface area contributed by atoms with Crippen LogP contribution in [-0.2, 0) is 9.16 Å². The van der Waals surface area contributed by atoms with E-state index >= 15 is 4.39 Å². The van der Waals surface area contributed by atoms with Crippen molar-refractivity contribution in [1.29, 1.82) is 0 Å². The van der Waals surface area contributed by atoms with Crippen molar-refractivity contribution in [2.45, 2.75) is 63.5 Å². The summed E-state index contributed by atoms with van der Waals surface area (Å²) in [6.45, 7) is 10.3. The number of rotatable bonds is 5. The lowest BCUT2D eigenvalue weighted by Gasteiger charge is -2.39. The second kappa shape index (κ2) is 7.56. The highest BCUT2D eigenvalue weighted by atomic mass is 35.5. The summed E-state index contributed by atoms with van der Waals surface area (Å²) in [7, 11) is -2.30. The smallest absolute Gasteiger partial charge is 0.192 e. The Kier molecular flexibility index (Phi) is 5.66. The molecule has 1 aliphatic rings. The Morgan fingerprint density at radius 2 is 2.11 bits per heavy atom. The summed E-state index contributed by atoms with van der Waals surface area (Å²) in [5, 5.41) is 3.64. The molecule has 0 aliphatic carbocycles. The quantitative estimate of drug-likeness (QED) is 0.230. The molecule has 152 valence electrons. The molecule has 2 aromatic rings. The van der Waals surface area contributed by atoms with E-state index in [0.717, 1.165) is 0 Å². The molecule has 4 atom stereocenters. The monoisotopic (exact) mass is 427 g/mol. The molecule has 0 aromatic carbocycles. The third kappa shape index (κ3) is 3.72. The van der Waals surface area contributed by atoms with Gasteiger partial charge in [-0.3, -0.25) is 4.57 Å². The van der Waals surface area contributed by atoms with E-state index in [9.17, 15) is 0 Å². The van der Waals surface area contributed by atoms with Gasteiger partial charge in [0.25, 0.3) is 0 Å². The number of ether oxygens (including phenoxy) is 1. The molecule has 0 saturated carbocycles. The third-order valence-corrected chi connectivity index (χ3v) is 10.2. The Labute approximate surface area is 168 Å². The molecule has 0 bridgehead atoms. The lowest BCUT2D eigenvalue weighted by molar-refractivity contribution is -0.0172. The molecule has 1 aliphatic heterocycles. The topological polar surface area (TPSA) is 111 Å². The van der Waals surface area contributed by atoms with Crippen molar-refractivity contribution in [3.8, 4) is 0 Å². The molecular formula is C16H23ClFN7O2Si. The zero-order valence-corrected chi connectivity index (χ0v) is 18.1. The first-order valence-electron chi connectivity index (χ1n) is 8.88. The summed E-state index contributed by atoms with van der Waals surface area (Å²) in [5.41, 5.74) is 9.42. The minimum absolute atomic E-state index is 0.0327. The van der Waals surface area contributed by atoms with Crippen LogP contribution in [0.5, 0.6) is 0 Å². The Bertz CT molecular complexity index is 912. The van der Waals surface area contributed by atoms with E-state index < -0.39 is 32.9 Å². The van der Waals surface area contributed by atoms with Gasteiger partial charge in [0.05, 0.1) is 19.0 Å². The minimum atomic E-state index is -2.30. The molecule has 3 rings (SSSR count). The fourth-order valence-corrected chi connectivity index (χ4v) is 4.34.